The molecule has 20 heavy (non-hydrogen) atoms. The molecule has 1 N–H and O–H groups in total. The number of fused-ring (bicyclic) bond motifs is 1. The van der Waals surface area contributed by atoms with Crippen LogP contribution in [0.2, 0.25) is 0 Å². The molecule has 0 aliphatic heterocycles. The molecule has 0 fully saturated rings. The van der Waals surface area contributed by atoms with E-state index in [-0.39, 0.29) is 6.04 Å². The van der Waals surface area contributed by atoms with E-state index in [9.17, 15) is 0 Å². The zero-order valence-electron chi connectivity index (χ0n) is 12.1. The van der Waals surface area contributed by atoms with E-state index in [4.69, 9.17) is 4.98 Å². The fraction of sp³-hybridized carbons (Fsp3) is 0.312. The first-order chi connectivity index (χ1) is 9.65. The van der Waals surface area contributed by atoms with Gasteiger partial charge in [0, 0.05) is 23.3 Å². The van der Waals surface area contributed by atoms with Crippen LogP contribution in [-0.2, 0) is 13.6 Å². The van der Waals surface area contributed by atoms with Crippen molar-refractivity contribution in [1.82, 2.24) is 14.9 Å². The fourth-order valence-electron chi connectivity index (χ4n) is 2.48. The third-order valence-corrected chi connectivity index (χ3v) is 4.59. The summed E-state index contributed by atoms with van der Waals surface area (Å²) in [6, 6.07) is 12.9. The third-order valence-electron chi connectivity index (χ3n) is 3.59. The number of hydrogen-bond donors (Lipinski definition) is 1. The van der Waals surface area contributed by atoms with Crippen LogP contribution in [0.5, 0.6) is 0 Å². The minimum Gasteiger partial charge on any atom is -0.330 e. The Kier molecular flexibility index (Phi) is 3.59. The summed E-state index contributed by atoms with van der Waals surface area (Å²) in [7, 11) is 2.08. The summed E-state index contributed by atoms with van der Waals surface area (Å²) in [4.78, 5) is 7.46. The van der Waals surface area contributed by atoms with Crippen LogP contribution >= 0.6 is 11.3 Å². The van der Waals surface area contributed by atoms with Gasteiger partial charge in [0.05, 0.1) is 17.1 Å². The lowest BCUT2D eigenvalue weighted by Crippen LogP contribution is -2.20. The molecule has 1 atom stereocenters. The van der Waals surface area contributed by atoms with Crippen molar-refractivity contribution < 1.29 is 0 Å². The molecule has 3 aromatic rings. The van der Waals surface area contributed by atoms with Crippen molar-refractivity contribution in [3.05, 3.63) is 52.0 Å². The predicted molar refractivity (Wildman–Crippen MR) is 85.0 cm³/mol. The monoisotopic (exact) mass is 285 g/mol. The number of para-hydroxylation sites is 2. The molecule has 1 unspecified atom stereocenters. The maximum Gasteiger partial charge on any atom is 0.126 e. The molecule has 3 nitrogen and oxygen atoms in total. The van der Waals surface area contributed by atoms with Crippen LogP contribution in [0, 0.1) is 6.92 Å². The van der Waals surface area contributed by atoms with E-state index in [1.165, 1.54) is 15.3 Å². The third kappa shape index (κ3) is 2.49. The molecule has 1 aromatic carbocycles. The summed E-state index contributed by atoms with van der Waals surface area (Å²) < 4.78 is 2.17. The van der Waals surface area contributed by atoms with Gasteiger partial charge in [0.1, 0.15) is 5.82 Å². The number of aromatic nitrogens is 2. The summed E-state index contributed by atoms with van der Waals surface area (Å²) in [5, 5.41) is 3.56. The zero-order valence-corrected chi connectivity index (χ0v) is 12.9. The largest absolute Gasteiger partial charge is 0.330 e. The van der Waals surface area contributed by atoms with Gasteiger partial charge in [-0.25, -0.2) is 4.98 Å². The van der Waals surface area contributed by atoms with Crippen LogP contribution in [0.15, 0.2) is 36.4 Å². The average Bonchev–Trinajstić information content (AvgIpc) is 3.01. The van der Waals surface area contributed by atoms with Gasteiger partial charge in [-0.1, -0.05) is 12.1 Å². The molecular formula is C16H19N3S. The molecular weight excluding hydrogens is 266 g/mol. The predicted octanol–water partition coefficient (Wildman–Crippen LogP) is 3.79. The lowest BCUT2D eigenvalue weighted by atomic mass is 10.3. The van der Waals surface area contributed by atoms with Gasteiger partial charge in [-0.05, 0) is 38.1 Å². The van der Waals surface area contributed by atoms with Gasteiger partial charge in [0.2, 0.25) is 0 Å². The minimum absolute atomic E-state index is 0.231. The molecule has 3 rings (SSSR count). The molecule has 0 spiro atoms. The van der Waals surface area contributed by atoms with Crippen molar-refractivity contribution in [3.63, 3.8) is 0 Å². The highest BCUT2D eigenvalue weighted by molar-refractivity contribution is 7.11. The minimum atomic E-state index is 0.231. The Balaban J connectivity index is 1.78. The van der Waals surface area contributed by atoms with E-state index in [1.54, 1.807) is 0 Å². The van der Waals surface area contributed by atoms with Gasteiger partial charge in [0.15, 0.2) is 0 Å². The second-order valence-corrected chi connectivity index (χ2v) is 6.51. The van der Waals surface area contributed by atoms with Crippen LogP contribution < -0.4 is 5.32 Å². The van der Waals surface area contributed by atoms with Gasteiger partial charge in [-0.3, -0.25) is 0 Å². The Labute approximate surface area is 123 Å². The van der Waals surface area contributed by atoms with Crippen LogP contribution in [-0.4, -0.2) is 9.55 Å². The van der Waals surface area contributed by atoms with Crippen LogP contribution in [0.4, 0.5) is 0 Å². The number of imidazole rings is 1. The lowest BCUT2D eigenvalue weighted by molar-refractivity contribution is 0.536. The molecule has 0 aliphatic carbocycles. The van der Waals surface area contributed by atoms with Gasteiger partial charge < -0.3 is 9.88 Å². The molecule has 104 valence electrons. The number of nitrogens with zero attached hydrogens (tertiary/aromatic N) is 2. The standard InChI is InChI=1S/C16H19N3S/c1-11-8-9-13(20-11)10-17-12(2)16-18-14-6-4-5-7-15(14)19(16)3/h4-9,12,17H,10H2,1-3H3. The molecule has 2 aromatic heterocycles. The van der Waals surface area contributed by atoms with E-state index >= 15 is 0 Å². The first kappa shape index (κ1) is 13.3. The van der Waals surface area contributed by atoms with Crippen LogP contribution in [0.3, 0.4) is 0 Å². The van der Waals surface area contributed by atoms with E-state index in [1.807, 2.05) is 17.4 Å². The van der Waals surface area contributed by atoms with Crippen molar-refractivity contribution in [2.45, 2.75) is 26.4 Å². The first-order valence-electron chi connectivity index (χ1n) is 6.85. The number of aryl methyl sites for hydroxylation is 2. The second-order valence-electron chi connectivity index (χ2n) is 5.13. The highest BCUT2D eigenvalue weighted by Crippen LogP contribution is 2.20. The summed E-state index contributed by atoms with van der Waals surface area (Å²) in [5.74, 6) is 1.08. The molecule has 0 radical (unpaired) electrons. The summed E-state index contributed by atoms with van der Waals surface area (Å²) in [5.41, 5.74) is 2.24. The normalized spacial score (nSPS) is 12.9. The van der Waals surface area contributed by atoms with Crippen LogP contribution in [0.1, 0.15) is 28.5 Å². The van der Waals surface area contributed by atoms with Crippen LogP contribution in [0.25, 0.3) is 11.0 Å². The first-order valence-corrected chi connectivity index (χ1v) is 7.67. The lowest BCUT2D eigenvalue weighted by Gasteiger charge is -2.13. The molecule has 0 saturated heterocycles. The maximum absolute atomic E-state index is 4.73. The maximum atomic E-state index is 4.73. The van der Waals surface area contributed by atoms with E-state index in [0.717, 1.165) is 17.9 Å². The van der Waals surface area contributed by atoms with Crippen molar-refractivity contribution in [2.75, 3.05) is 0 Å². The smallest absolute Gasteiger partial charge is 0.126 e. The van der Waals surface area contributed by atoms with Gasteiger partial charge in [-0.15, -0.1) is 11.3 Å². The van der Waals surface area contributed by atoms with E-state index < -0.39 is 0 Å². The molecule has 2 heterocycles. The Morgan fingerprint density at radius 2 is 2.05 bits per heavy atom. The highest BCUT2D eigenvalue weighted by atomic mass is 32.1. The Morgan fingerprint density at radius 3 is 2.75 bits per heavy atom. The molecule has 0 aliphatic rings. The SMILES string of the molecule is Cc1ccc(CNC(C)c2nc3ccccc3n2C)s1. The number of rotatable bonds is 4. The van der Waals surface area contributed by atoms with Gasteiger partial charge in [0.25, 0.3) is 0 Å². The summed E-state index contributed by atoms with van der Waals surface area (Å²) in [6.07, 6.45) is 0. The Bertz CT molecular complexity index is 726. The molecule has 4 heteroatoms. The molecule has 0 amide bonds. The summed E-state index contributed by atoms with van der Waals surface area (Å²) in [6.45, 7) is 5.20. The van der Waals surface area contributed by atoms with Crippen molar-refractivity contribution in [3.8, 4) is 0 Å². The van der Waals surface area contributed by atoms with Gasteiger partial charge in [-0.2, -0.15) is 0 Å². The number of nitrogens with one attached hydrogen (secondary N) is 1. The quantitative estimate of drug-likeness (QED) is 0.790. The van der Waals surface area contributed by atoms with E-state index in [0.29, 0.717) is 0 Å². The fourth-order valence-corrected chi connectivity index (χ4v) is 3.32. The average molecular weight is 285 g/mol. The topological polar surface area (TPSA) is 29.9 Å². The van der Waals surface area contributed by atoms with E-state index in [2.05, 4.69) is 61.1 Å². The number of thiophene rings is 1. The number of benzene rings is 1. The number of hydrogen-bond acceptors (Lipinski definition) is 3. The Hall–Kier alpha value is -1.65. The van der Waals surface area contributed by atoms with Crippen molar-refractivity contribution >= 4 is 22.4 Å². The molecule has 0 saturated carbocycles. The molecule has 0 bridgehead atoms. The highest BCUT2D eigenvalue weighted by Gasteiger charge is 2.13. The Morgan fingerprint density at radius 1 is 1.25 bits per heavy atom. The zero-order chi connectivity index (χ0) is 14.1. The summed E-state index contributed by atoms with van der Waals surface area (Å²) >= 11 is 1.84. The van der Waals surface area contributed by atoms with Crippen molar-refractivity contribution in [1.29, 1.82) is 0 Å². The second kappa shape index (κ2) is 5.38. The van der Waals surface area contributed by atoms with Gasteiger partial charge >= 0.3 is 0 Å². The van der Waals surface area contributed by atoms with Crippen molar-refractivity contribution in [2.24, 2.45) is 7.05 Å².